The van der Waals surface area contributed by atoms with Crippen molar-refractivity contribution in [3.63, 3.8) is 0 Å². The molecule has 112 valence electrons. The van der Waals surface area contributed by atoms with Gasteiger partial charge in [0.05, 0.1) is 0 Å². The van der Waals surface area contributed by atoms with Crippen molar-refractivity contribution < 1.29 is 4.79 Å². The normalized spacial score (nSPS) is 10.9. The van der Waals surface area contributed by atoms with Gasteiger partial charge in [-0.3, -0.25) is 4.79 Å². The highest BCUT2D eigenvalue weighted by atomic mass is 35.5. The smallest absolute Gasteiger partial charge is 0.272 e. The summed E-state index contributed by atoms with van der Waals surface area (Å²) in [5.41, 5.74) is 4.61. The summed E-state index contributed by atoms with van der Waals surface area (Å²) in [6.45, 7) is 4.03. The molecular weight excluding hydrogens is 296 g/mol. The predicted octanol–water partition coefficient (Wildman–Crippen LogP) is 4.70. The van der Waals surface area contributed by atoms with Crippen molar-refractivity contribution in [3.8, 4) is 0 Å². The third-order valence-corrected chi connectivity index (χ3v) is 3.95. The molecule has 0 radical (unpaired) electrons. The highest BCUT2D eigenvalue weighted by molar-refractivity contribution is 6.31. The minimum Gasteiger partial charge on any atom is -0.340 e. The fraction of sp³-hybridized carbons (Fsp3) is 0.167. The zero-order valence-electron chi connectivity index (χ0n) is 12.8. The van der Waals surface area contributed by atoms with Crippen LogP contribution < -0.4 is 5.32 Å². The van der Waals surface area contributed by atoms with Gasteiger partial charge in [-0.25, -0.2) is 0 Å². The standard InChI is InChI=1S/C18H17ClN2O/c1-11-6-12(2)8-15(7-11)20-18(22)17-9-13-4-5-14(19)10-16(13)21(17)3/h4-10H,1-3H3,(H,20,22). The molecule has 1 aromatic heterocycles. The van der Waals surface area contributed by atoms with Crippen LogP contribution >= 0.6 is 11.6 Å². The average molecular weight is 313 g/mol. The van der Waals surface area contributed by atoms with Crippen molar-refractivity contribution >= 4 is 34.1 Å². The quantitative estimate of drug-likeness (QED) is 0.731. The summed E-state index contributed by atoms with van der Waals surface area (Å²) in [4.78, 5) is 12.5. The van der Waals surface area contributed by atoms with E-state index in [-0.39, 0.29) is 5.91 Å². The average Bonchev–Trinajstić information content (AvgIpc) is 2.75. The minimum absolute atomic E-state index is 0.125. The monoisotopic (exact) mass is 312 g/mol. The van der Waals surface area contributed by atoms with Crippen molar-refractivity contribution in [1.29, 1.82) is 0 Å². The number of aryl methyl sites for hydroxylation is 3. The third kappa shape index (κ3) is 2.72. The van der Waals surface area contributed by atoms with E-state index in [1.54, 1.807) is 0 Å². The topological polar surface area (TPSA) is 34.0 Å². The van der Waals surface area contributed by atoms with Crippen LogP contribution in [0.5, 0.6) is 0 Å². The molecular formula is C18H17ClN2O. The highest BCUT2D eigenvalue weighted by Crippen LogP contribution is 2.23. The van der Waals surface area contributed by atoms with Crippen LogP contribution in [-0.4, -0.2) is 10.5 Å². The van der Waals surface area contributed by atoms with Gasteiger partial charge in [-0.1, -0.05) is 23.7 Å². The van der Waals surface area contributed by atoms with Crippen LogP contribution in [0.15, 0.2) is 42.5 Å². The molecule has 1 heterocycles. The Morgan fingerprint density at radius 3 is 2.41 bits per heavy atom. The van der Waals surface area contributed by atoms with Crippen molar-refractivity contribution in [2.45, 2.75) is 13.8 Å². The van der Waals surface area contributed by atoms with Gasteiger partial charge in [0.2, 0.25) is 0 Å². The Bertz CT molecular complexity index is 860. The number of nitrogens with zero attached hydrogens (tertiary/aromatic N) is 1. The number of carbonyl (C=O) groups excluding carboxylic acids is 1. The molecule has 0 saturated heterocycles. The van der Waals surface area contributed by atoms with Crippen LogP contribution in [0.4, 0.5) is 5.69 Å². The van der Waals surface area contributed by atoms with E-state index in [0.29, 0.717) is 10.7 Å². The van der Waals surface area contributed by atoms with E-state index in [9.17, 15) is 4.79 Å². The molecule has 0 spiro atoms. The van der Waals surface area contributed by atoms with Crippen molar-refractivity contribution in [2.24, 2.45) is 7.05 Å². The molecule has 3 rings (SSSR count). The SMILES string of the molecule is Cc1cc(C)cc(NC(=O)c2cc3ccc(Cl)cc3n2C)c1. The van der Waals surface area contributed by atoms with Crippen LogP contribution in [0, 0.1) is 13.8 Å². The number of amides is 1. The van der Waals surface area contributed by atoms with Gasteiger partial charge in [-0.15, -0.1) is 0 Å². The first-order valence-electron chi connectivity index (χ1n) is 7.08. The van der Waals surface area contributed by atoms with Crippen molar-refractivity contribution in [2.75, 3.05) is 5.32 Å². The maximum Gasteiger partial charge on any atom is 0.272 e. The second kappa shape index (κ2) is 5.50. The lowest BCUT2D eigenvalue weighted by Gasteiger charge is -2.08. The Kier molecular flexibility index (Phi) is 3.67. The molecule has 1 N–H and O–H groups in total. The number of nitrogens with one attached hydrogen (secondary N) is 1. The number of halogens is 1. The molecule has 0 aliphatic carbocycles. The molecule has 3 aromatic rings. The Labute approximate surface area is 134 Å². The number of hydrogen-bond acceptors (Lipinski definition) is 1. The van der Waals surface area contributed by atoms with Gasteiger partial charge in [0.25, 0.3) is 5.91 Å². The fourth-order valence-electron chi connectivity index (χ4n) is 2.76. The minimum atomic E-state index is -0.125. The predicted molar refractivity (Wildman–Crippen MR) is 91.8 cm³/mol. The van der Waals surface area contributed by atoms with E-state index >= 15 is 0 Å². The molecule has 4 heteroatoms. The lowest BCUT2D eigenvalue weighted by atomic mass is 10.1. The Morgan fingerprint density at radius 1 is 1.05 bits per heavy atom. The summed E-state index contributed by atoms with van der Waals surface area (Å²) >= 11 is 6.03. The number of carbonyl (C=O) groups is 1. The first-order chi connectivity index (χ1) is 10.4. The van der Waals surface area contributed by atoms with Crippen molar-refractivity contribution in [1.82, 2.24) is 4.57 Å². The molecule has 0 atom stereocenters. The van der Waals surface area contributed by atoms with E-state index in [1.165, 1.54) is 0 Å². The highest BCUT2D eigenvalue weighted by Gasteiger charge is 2.14. The number of hydrogen-bond donors (Lipinski definition) is 1. The molecule has 0 bridgehead atoms. The van der Waals surface area contributed by atoms with Gasteiger partial charge < -0.3 is 9.88 Å². The molecule has 0 saturated carbocycles. The van der Waals surface area contributed by atoms with Gasteiger partial charge in [0, 0.05) is 28.7 Å². The Morgan fingerprint density at radius 2 is 1.73 bits per heavy atom. The van der Waals surface area contributed by atoms with Gasteiger partial charge in [-0.2, -0.15) is 0 Å². The second-order valence-electron chi connectivity index (χ2n) is 5.62. The van der Waals surface area contributed by atoms with Crippen LogP contribution in [-0.2, 0) is 7.05 Å². The maximum absolute atomic E-state index is 12.5. The number of fused-ring (bicyclic) bond motifs is 1. The summed E-state index contributed by atoms with van der Waals surface area (Å²) in [6.07, 6.45) is 0. The Hall–Kier alpha value is -2.26. The van der Waals surface area contributed by atoms with Crippen LogP contribution in [0.1, 0.15) is 21.6 Å². The second-order valence-corrected chi connectivity index (χ2v) is 6.06. The largest absolute Gasteiger partial charge is 0.340 e. The summed E-state index contributed by atoms with van der Waals surface area (Å²) in [7, 11) is 1.87. The maximum atomic E-state index is 12.5. The molecule has 0 fully saturated rings. The van der Waals surface area contributed by atoms with Gasteiger partial charge in [0.15, 0.2) is 0 Å². The van der Waals surface area contributed by atoms with E-state index in [1.807, 2.05) is 61.9 Å². The first-order valence-corrected chi connectivity index (χ1v) is 7.46. The zero-order chi connectivity index (χ0) is 15.9. The Balaban J connectivity index is 1.96. The summed E-state index contributed by atoms with van der Waals surface area (Å²) in [5.74, 6) is -0.125. The molecule has 1 amide bonds. The summed E-state index contributed by atoms with van der Waals surface area (Å²) in [5, 5.41) is 4.62. The van der Waals surface area contributed by atoms with Gasteiger partial charge >= 0.3 is 0 Å². The molecule has 22 heavy (non-hydrogen) atoms. The van der Waals surface area contributed by atoms with Gasteiger partial charge in [-0.05, 0) is 55.3 Å². The molecule has 0 aliphatic heterocycles. The number of rotatable bonds is 2. The summed E-state index contributed by atoms with van der Waals surface area (Å²) in [6, 6.07) is 13.5. The van der Waals surface area contributed by atoms with Gasteiger partial charge in [0.1, 0.15) is 5.69 Å². The lowest BCUT2D eigenvalue weighted by Crippen LogP contribution is -2.15. The lowest BCUT2D eigenvalue weighted by molar-refractivity contribution is 0.102. The van der Waals surface area contributed by atoms with E-state index < -0.39 is 0 Å². The molecule has 0 aliphatic rings. The van der Waals surface area contributed by atoms with Crippen molar-refractivity contribution in [3.05, 3.63) is 64.3 Å². The number of benzene rings is 2. The third-order valence-electron chi connectivity index (χ3n) is 3.72. The number of aromatic nitrogens is 1. The van der Waals surface area contributed by atoms with E-state index in [4.69, 9.17) is 11.6 Å². The molecule has 3 nitrogen and oxygen atoms in total. The van der Waals surface area contributed by atoms with Crippen LogP contribution in [0.25, 0.3) is 10.9 Å². The zero-order valence-corrected chi connectivity index (χ0v) is 13.5. The fourth-order valence-corrected chi connectivity index (χ4v) is 2.93. The number of anilines is 1. The molecule has 2 aromatic carbocycles. The van der Waals surface area contributed by atoms with E-state index in [0.717, 1.165) is 27.7 Å². The van der Waals surface area contributed by atoms with Crippen LogP contribution in [0.3, 0.4) is 0 Å². The van der Waals surface area contributed by atoms with Crippen LogP contribution in [0.2, 0.25) is 5.02 Å². The molecule has 0 unspecified atom stereocenters. The first kappa shape index (κ1) is 14.7. The van der Waals surface area contributed by atoms with E-state index in [2.05, 4.69) is 11.4 Å². The summed E-state index contributed by atoms with van der Waals surface area (Å²) < 4.78 is 1.86.